The molecular weight excluding hydrogens is 494 g/mol. The van der Waals surface area contributed by atoms with E-state index in [0.29, 0.717) is 19.3 Å². The van der Waals surface area contributed by atoms with Crippen molar-refractivity contribution in [1.82, 2.24) is 0 Å². The molecule has 39 heavy (non-hydrogen) atoms. The van der Waals surface area contributed by atoms with Crippen molar-refractivity contribution >= 4 is 17.9 Å². The van der Waals surface area contributed by atoms with Crippen LogP contribution in [-0.4, -0.2) is 58.8 Å². The molecule has 0 aliphatic heterocycles. The predicted octanol–water partition coefficient (Wildman–Crippen LogP) is 6.88. The number of hydrogen-bond donors (Lipinski definition) is 2. The fourth-order valence-corrected chi connectivity index (χ4v) is 5.36. The Hall–Kier alpha value is -1.89. The Kier molecular flexibility index (Phi) is 25.1. The van der Waals surface area contributed by atoms with E-state index in [0.717, 1.165) is 69.2 Å². The van der Waals surface area contributed by atoms with Gasteiger partial charge in [0.25, 0.3) is 0 Å². The molecular formula is C32H59NO6. The van der Waals surface area contributed by atoms with E-state index in [9.17, 15) is 19.5 Å². The number of carboxylic acid groups (broad SMARTS) is 3. The molecule has 0 atom stereocenters. The maximum atomic E-state index is 11.0. The highest BCUT2D eigenvalue weighted by Gasteiger charge is 2.26. The summed E-state index contributed by atoms with van der Waals surface area (Å²) < 4.78 is 0.818. The molecule has 0 aromatic heterocycles. The van der Waals surface area contributed by atoms with Crippen molar-refractivity contribution in [3.05, 3.63) is 12.2 Å². The summed E-state index contributed by atoms with van der Waals surface area (Å²) in [6, 6.07) is 0. The molecule has 0 spiro atoms. The molecule has 0 aliphatic carbocycles. The number of unbranched alkanes of at least 4 members (excludes halogenated alkanes) is 14. The maximum Gasteiger partial charge on any atom is 0.303 e. The Morgan fingerprint density at radius 2 is 0.923 bits per heavy atom. The third-order valence-electron chi connectivity index (χ3n) is 7.70. The molecule has 0 bridgehead atoms. The summed E-state index contributed by atoms with van der Waals surface area (Å²) in [4.78, 5) is 32.8. The number of nitrogens with zero attached hydrogens (tertiary/aromatic N) is 1. The molecule has 7 nitrogen and oxygen atoms in total. The molecule has 0 saturated carbocycles. The van der Waals surface area contributed by atoms with Gasteiger partial charge in [0.05, 0.1) is 26.2 Å². The van der Waals surface area contributed by atoms with Crippen LogP contribution < -0.4 is 5.11 Å². The van der Waals surface area contributed by atoms with Gasteiger partial charge in [-0.3, -0.25) is 9.59 Å². The van der Waals surface area contributed by atoms with Crippen LogP contribution in [0.1, 0.15) is 148 Å². The van der Waals surface area contributed by atoms with Gasteiger partial charge in [-0.15, -0.1) is 0 Å². The number of carboxylic acids is 3. The molecule has 0 amide bonds. The van der Waals surface area contributed by atoms with Crippen LogP contribution in [-0.2, 0) is 14.4 Å². The van der Waals surface area contributed by atoms with E-state index in [-0.39, 0.29) is 19.3 Å². The van der Waals surface area contributed by atoms with Gasteiger partial charge in [-0.05, 0) is 64.2 Å². The lowest BCUT2D eigenvalue weighted by Gasteiger charge is -2.39. The number of carbonyl (C=O) groups is 3. The van der Waals surface area contributed by atoms with Crippen LogP contribution in [0.3, 0.4) is 0 Å². The smallest absolute Gasteiger partial charge is 0.303 e. The molecule has 0 saturated heterocycles. The van der Waals surface area contributed by atoms with Crippen molar-refractivity contribution in [2.75, 3.05) is 26.2 Å². The molecule has 2 N–H and O–H groups in total. The minimum Gasteiger partial charge on any atom is -0.550 e. The zero-order valence-electron chi connectivity index (χ0n) is 25.0. The quantitative estimate of drug-likeness (QED) is 0.0569. The summed E-state index contributed by atoms with van der Waals surface area (Å²) in [5.41, 5.74) is 0. The number of aliphatic carboxylic acids is 3. The first kappa shape index (κ1) is 37.1. The second-order valence-corrected chi connectivity index (χ2v) is 11.4. The normalized spacial score (nSPS) is 11.8. The Bertz CT molecular complexity index is 594. The van der Waals surface area contributed by atoms with E-state index in [2.05, 4.69) is 19.1 Å². The highest BCUT2D eigenvalue weighted by molar-refractivity contribution is 5.66. The van der Waals surface area contributed by atoms with Gasteiger partial charge < -0.3 is 24.6 Å². The van der Waals surface area contributed by atoms with E-state index in [1.165, 1.54) is 64.2 Å². The highest BCUT2D eigenvalue weighted by atomic mass is 16.4. The second kappa shape index (κ2) is 26.3. The summed E-state index contributed by atoms with van der Waals surface area (Å²) in [5, 5.41) is 28.9. The van der Waals surface area contributed by atoms with Gasteiger partial charge in [0.15, 0.2) is 0 Å². The Balaban J connectivity index is 4.56. The lowest BCUT2D eigenvalue weighted by Crippen LogP contribution is -2.51. The molecule has 0 aromatic rings. The first-order valence-corrected chi connectivity index (χ1v) is 15.9. The number of carbonyl (C=O) groups excluding carboxylic acids is 1. The summed E-state index contributed by atoms with van der Waals surface area (Å²) in [6.07, 6.45) is 25.8. The number of allylic oxidation sites excluding steroid dienone is 2. The fourth-order valence-electron chi connectivity index (χ4n) is 5.36. The molecule has 228 valence electrons. The second-order valence-electron chi connectivity index (χ2n) is 11.4. The summed E-state index contributed by atoms with van der Waals surface area (Å²) in [7, 11) is 0. The molecule has 7 heteroatoms. The van der Waals surface area contributed by atoms with Crippen molar-refractivity contribution in [3.8, 4) is 0 Å². The molecule has 0 aromatic carbocycles. The van der Waals surface area contributed by atoms with Crippen LogP contribution in [0.2, 0.25) is 0 Å². The largest absolute Gasteiger partial charge is 0.550 e. The monoisotopic (exact) mass is 553 g/mol. The lowest BCUT2D eigenvalue weighted by molar-refractivity contribution is -0.929. The molecule has 0 unspecified atom stereocenters. The van der Waals surface area contributed by atoms with Gasteiger partial charge in [-0.25, -0.2) is 0 Å². The standard InChI is InChI=1S/C32H59NO6/c1-2-3-4-5-6-7-8-9-10-11-12-13-14-15-19-26-33(27-20-16-23-30(34)35,28-21-17-24-31(36)37)29-22-18-25-32(38)39/h13-14H,2-12,15-29H2,1H3,(H2-,34,35,36,37,38,39)/b14-13+. The van der Waals surface area contributed by atoms with E-state index in [4.69, 9.17) is 10.2 Å². The average Bonchev–Trinajstić information content (AvgIpc) is 2.89. The minimum absolute atomic E-state index is 0.0553. The fraction of sp³-hybridized carbons (Fsp3) is 0.844. The van der Waals surface area contributed by atoms with E-state index in [1.807, 2.05) is 0 Å². The van der Waals surface area contributed by atoms with Crippen molar-refractivity contribution in [1.29, 1.82) is 0 Å². The molecule has 0 radical (unpaired) electrons. The van der Waals surface area contributed by atoms with E-state index < -0.39 is 17.9 Å². The van der Waals surface area contributed by atoms with Gasteiger partial charge in [0.1, 0.15) is 0 Å². The minimum atomic E-state index is -1.02. The number of hydrogen-bond acceptors (Lipinski definition) is 4. The highest BCUT2D eigenvalue weighted by Crippen LogP contribution is 2.19. The van der Waals surface area contributed by atoms with Gasteiger partial charge in [0, 0.05) is 25.2 Å². The summed E-state index contributed by atoms with van der Waals surface area (Å²) >= 11 is 0. The first-order valence-electron chi connectivity index (χ1n) is 15.9. The zero-order valence-corrected chi connectivity index (χ0v) is 25.0. The Morgan fingerprint density at radius 3 is 1.36 bits per heavy atom. The summed E-state index contributed by atoms with van der Waals surface area (Å²) in [6.45, 7) is 5.76. The lowest BCUT2D eigenvalue weighted by atomic mass is 10.1. The molecule has 0 rings (SSSR count). The van der Waals surface area contributed by atoms with Gasteiger partial charge in [-0.1, -0.05) is 76.9 Å². The van der Waals surface area contributed by atoms with Gasteiger partial charge >= 0.3 is 11.9 Å². The first-order chi connectivity index (χ1) is 18.8. The van der Waals surface area contributed by atoms with Crippen LogP contribution >= 0.6 is 0 Å². The molecule has 0 aliphatic rings. The van der Waals surface area contributed by atoms with Crippen molar-refractivity contribution in [2.45, 2.75) is 148 Å². The van der Waals surface area contributed by atoms with Crippen LogP contribution in [0.5, 0.6) is 0 Å². The van der Waals surface area contributed by atoms with E-state index >= 15 is 0 Å². The zero-order chi connectivity index (χ0) is 29.0. The summed E-state index contributed by atoms with van der Waals surface area (Å²) in [5.74, 6) is -2.59. The topological polar surface area (TPSA) is 115 Å². The molecule has 0 fully saturated rings. The van der Waals surface area contributed by atoms with Crippen LogP contribution in [0, 0.1) is 0 Å². The van der Waals surface area contributed by atoms with Gasteiger partial charge in [-0.2, -0.15) is 0 Å². The maximum absolute atomic E-state index is 11.0. The number of quaternary nitrogens is 1. The Labute approximate surface area is 238 Å². The molecule has 0 heterocycles. The number of rotatable bonds is 30. The van der Waals surface area contributed by atoms with Crippen LogP contribution in [0.25, 0.3) is 0 Å². The third-order valence-corrected chi connectivity index (χ3v) is 7.70. The van der Waals surface area contributed by atoms with Crippen molar-refractivity contribution < 1.29 is 34.2 Å². The third kappa shape index (κ3) is 26.1. The van der Waals surface area contributed by atoms with Gasteiger partial charge in [0.2, 0.25) is 0 Å². The van der Waals surface area contributed by atoms with Crippen molar-refractivity contribution in [3.63, 3.8) is 0 Å². The van der Waals surface area contributed by atoms with E-state index in [1.54, 1.807) is 0 Å². The van der Waals surface area contributed by atoms with Crippen LogP contribution in [0.4, 0.5) is 0 Å². The SMILES string of the molecule is CCCCCCCCCCCC/C=C/CCC[N+](CCCCC(=O)[O-])(CCCCC(=O)O)CCCCC(=O)O. The predicted molar refractivity (Wildman–Crippen MR) is 156 cm³/mol. The van der Waals surface area contributed by atoms with Crippen molar-refractivity contribution in [2.24, 2.45) is 0 Å². The Morgan fingerprint density at radius 1 is 0.538 bits per heavy atom. The van der Waals surface area contributed by atoms with Crippen LogP contribution in [0.15, 0.2) is 12.2 Å². The average molecular weight is 554 g/mol.